The first-order valence-corrected chi connectivity index (χ1v) is 6.75. The lowest BCUT2D eigenvalue weighted by Crippen LogP contribution is -2.36. The average molecular weight is 257 g/mol. The summed E-state index contributed by atoms with van der Waals surface area (Å²) in [6, 6.07) is 7.48. The summed E-state index contributed by atoms with van der Waals surface area (Å²) in [7, 11) is 1.64. The van der Waals surface area contributed by atoms with Gasteiger partial charge in [-0.15, -0.1) is 0 Å². The molecule has 2 aliphatic carbocycles. The fourth-order valence-corrected chi connectivity index (χ4v) is 3.30. The van der Waals surface area contributed by atoms with Gasteiger partial charge < -0.3 is 10.1 Å². The van der Waals surface area contributed by atoms with Crippen molar-refractivity contribution in [2.45, 2.75) is 19.8 Å². The van der Waals surface area contributed by atoms with Crippen molar-refractivity contribution in [1.82, 2.24) is 0 Å². The van der Waals surface area contributed by atoms with Gasteiger partial charge in [0.25, 0.3) is 0 Å². The van der Waals surface area contributed by atoms with Crippen LogP contribution in [0.3, 0.4) is 0 Å². The molecular formula is C16H19NO2. The second kappa shape index (κ2) is 4.41. The monoisotopic (exact) mass is 257 g/mol. The molecule has 1 amide bonds. The molecule has 0 spiro atoms. The first-order chi connectivity index (χ1) is 9.11. The number of allylic oxidation sites excluding steroid dienone is 2. The molecule has 0 aliphatic heterocycles. The third-order valence-electron chi connectivity index (χ3n) is 4.54. The molecule has 2 aliphatic rings. The molecular weight excluding hydrogens is 238 g/mol. The third-order valence-corrected chi connectivity index (χ3v) is 4.54. The minimum atomic E-state index is -0.251. The number of methoxy groups -OCH3 is 1. The van der Waals surface area contributed by atoms with Crippen LogP contribution in [0.15, 0.2) is 36.4 Å². The van der Waals surface area contributed by atoms with Crippen LogP contribution in [-0.2, 0) is 4.79 Å². The second-order valence-corrected chi connectivity index (χ2v) is 5.79. The molecule has 1 N–H and O–H groups in total. The Labute approximate surface area is 113 Å². The largest absolute Gasteiger partial charge is 0.497 e. The van der Waals surface area contributed by atoms with Gasteiger partial charge in [0.1, 0.15) is 5.75 Å². The summed E-state index contributed by atoms with van der Waals surface area (Å²) in [4.78, 5) is 12.5. The summed E-state index contributed by atoms with van der Waals surface area (Å²) >= 11 is 0. The lowest BCUT2D eigenvalue weighted by molar-refractivity contribution is -0.126. The highest BCUT2D eigenvalue weighted by molar-refractivity contribution is 5.96. The third kappa shape index (κ3) is 2.03. The maximum absolute atomic E-state index is 12.5. The highest BCUT2D eigenvalue weighted by Crippen LogP contribution is 2.52. The molecule has 2 bridgehead atoms. The number of amides is 1. The molecule has 0 saturated heterocycles. The molecule has 0 radical (unpaired) electrons. The number of fused-ring (bicyclic) bond motifs is 2. The van der Waals surface area contributed by atoms with E-state index in [1.165, 1.54) is 0 Å². The lowest BCUT2D eigenvalue weighted by atomic mass is 9.77. The van der Waals surface area contributed by atoms with Gasteiger partial charge in [-0.3, -0.25) is 4.79 Å². The number of anilines is 1. The maximum Gasteiger partial charge on any atom is 0.230 e. The summed E-state index contributed by atoms with van der Waals surface area (Å²) in [6.07, 6.45) is 6.57. The lowest BCUT2D eigenvalue weighted by Gasteiger charge is -2.29. The van der Waals surface area contributed by atoms with E-state index in [4.69, 9.17) is 4.74 Å². The topological polar surface area (TPSA) is 38.3 Å². The minimum absolute atomic E-state index is 0.134. The Morgan fingerprint density at radius 2 is 2.05 bits per heavy atom. The molecule has 0 aromatic heterocycles. The molecule has 1 aromatic rings. The van der Waals surface area contributed by atoms with E-state index in [1.807, 2.05) is 24.3 Å². The first-order valence-electron chi connectivity index (χ1n) is 6.75. The fourth-order valence-electron chi connectivity index (χ4n) is 3.30. The molecule has 100 valence electrons. The molecule has 3 rings (SSSR count). The average Bonchev–Trinajstić information content (AvgIpc) is 3.00. The Balaban J connectivity index is 1.72. The van der Waals surface area contributed by atoms with E-state index >= 15 is 0 Å². The molecule has 3 heteroatoms. The van der Waals surface area contributed by atoms with Crippen molar-refractivity contribution in [3.05, 3.63) is 36.4 Å². The predicted octanol–water partition coefficient (Wildman–Crippen LogP) is 3.24. The zero-order chi connectivity index (χ0) is 13.5. The zero-order valence-corrected chi connectivity index (χ0v) is 11.3. The van der Waals surface area contributed by atoms with Gasteiger partial charge in [0.05, 0.1) is 12.5 Å². The van der Waals surface area contributed by atoms with E-state index in [0.717, 1.165) is 24.3 Å². The van der Waals surface area contributed by atoms with Crippen LogP contribution in [0.5, 0.6) is 5.75 Å². The van der Waals surface area contributed by atoms with Crippen LogP contribution in [0.1, 0.15) is 19.8 Å². The second-order valence-electron chi connectivity index (χ2n) is 5.79. The Kier molecular flexibility index (Phi) is 2.85. The van der Waals surface area contributed by atoms with Crippen molar-refractivity contribution in [3.8, 4) is 5.75 Å². The predicted molar refractivity (Wildman–Crippen MR) is 75.1 cm³/mol. The fraction of sp³-hybridized carbons (Fsp3) is 0.438. The highest BCUT2D eigenvalue weighted by Gasteiger charge is 2.49. The van der Waals surface area contributed by atoms with Gasteiger partial charge in [-0.1, -0.05) is 19.1 Å². The van der Waals surface area contributed by atoms with Gasteiger partial charge >= 0.3 is 0 Å². The Morgan fingerprint density at radius 3 is 2.58 bits per heavy atom. The molecule has 1 aromatic carbocycles. The molecule has 0 unspecified atom stereocenters. The van der Waals surface area contributed by atoms with Gasteiger partial charge in [0.2, 0.25) is 5.91 Å². The number of benzene rings is 1. The number of hydrogen-bond donors (Lipinski definition) is 1. The number of carbonyl (C=O) groups is 1. The Morgan fingerprint density at radius 1 is 1.32 bits per heavy atom. The highest BCUT2D eigenvalue weighted by atomic mass is 16.5. The van der Waals surface area contributed by atoms with E-state index < -0.39 is 0 Å². The molecule has 0 heterocycles. The quantitative estimate of drug-likeness (QED) is 0.844. The number of carbonyl (C=O) groups excluding carboxylic acids is 1. The molecule has 1 saturated carbocycles. The van der Waals surface area contributed by atoms with Crippen LogP contribution in [0.2, 0.25) is 0 Å². The van der Waals surface area contributed by atoms with Gasteiger partial charge in [-0.2, -0.15) is 0 Å². The van der Waals surface area contributed by atoms with Crippen molar-refractivity contribution >= 4 is 11.6 Å². The van der Waals surface area contributed by atoms with E-state index in [2.05, 4.69) is 24.4 Å². The van der Waals surface area contributed by atoms with Gasteiger partial charge in [0.15, 0.2) is 0 Å². The summed E-state index contributed by atoms with van der Waals surface area (Å²) in [6.45, 7) is 2.08. The van der Waals surface area contributed by atoms with Crippen molar-refractivity contribution in [2.24, 2.45) is 17.3 Å². The summed E-state index contributed by atoms with van der Waals surface area (Å²) < 4.78 is 5.11. The van der Waals surface area contributed by atoms with Crippen molar-refractivity contribution in [1.29, 1.82) is 0 Å². The van der Waals surface area contributed by atoms with E-state index in [1.54, 1.807) is 7.11 Å². The first kappa shape index (κ1) is 12.3. The van der Waals surface area contributed by atoms with Crippen LogP contribution in [0.25, 0.3) is 0 Å². The number of rotatable bonds is 3. The molecule has 3 atom stereocenters. The smallest absolute Gasteiger partial charge is 0.230 e. The van der Waals surface area contributed by atoms with Crippen LogP contribution in [-0.4, -0.2) is 13.0 Å². The SMILES string of the molecule is COc1ccc(NC(=O)[C@]2(C)C[C@H]3C=C[C@H]2C3)cc1. The van der Waals surface area contributed by atoms with E-state index in [9.17, 15) is 4.79 Å². The normalized spacial score (nSPS) is 31.5. The number of nitrogens with one attached hydrogen (secondary N) is 1. The number of hydrogen-bond acceptors (Lipinski definition) is 2. The Bertz CT molecular complexity index is 520. The molecule has 19 heavy (non-hydrogen) atoms. The van der Waals surface area contributed by atoms with Gasteiger partial charge in [-0.25, -0.2) is 0 Å². The summed E-state index contributed by atoms with van der Waals surface area (Å²) in [5.74, 6) is 1.92. The molecule has 1 fully saturated rings. The summed E-state index contributed by atoms with van der Waals surface area (Å²) in [5, 5.41) is 3.03. The van der Waals surface area contributed by atoms with Crippen LogP contribution in [0, 0.1) is 17.3 Å². The minimum Gasteiger partial charge on any atom is -0.497 e. The van der Waals surface area contributed by atoms with Crippen LogP contribution < -0.4 is 10.1 Å². The van der Waals surface area contributed by atoms with E-state index in [0.29, 0.717) is 11.8 Å². The van der Waals surface area contributed by atoms with Crippen LogP contribution >= 0.6 is 0 Å². The standard InChI is InChI=1S/C16H19NO2/c1-16(10-11-3-4-12(16)9-11)15(18)17-13-5-7-14(19-2)8-6-13/h3-8,11-12H,9-10H2,1-2H3,(H,17,18)/t11-,12-,16+/m0/s1. The maximum atomic E-state index is 12.5. The van der Waals surface area contributed by atoms with Crippen LogP contribution in [0.4, 0.5) is 5.69 Å². The summed E-state index contributed by atoms with van der Waals surface area (Å²) in [5.41, 5.74) is 0.582. The van der Waals surface area contributed by atoms with Crippen molar-refractivity contribution in [2.75, 3.05) is 12.4 Å². The van der Waals surface area contributed by atoms with Crippen molar-refractivity contribution < 1.29 is 9.53 Å². The van der Waals surface area contributed by atoms with Gasteiger partial charge in [-0.05, 0) is 48.9 Å². The van der Waals surface area contributed by atoms with Gasteiger partial charge in [0, 0.05) is 5.69 Å². The Hall–Kier alpha value is -1.77. The van der Waals surface area contributed by atoms with Crippen molar-refractivity contribution in [3.63, 3.8) is 0 Å². The number of ether oxygens (including phenoxy) is 1. The zero-order valence-electron chi connectivity index (χ0n) is 11.3. The van der Waals surface area contributed by atoms with E-state index in [-0.39, 0.29) is 11.3 Å². The molecule has 3 nitrogen and oxygen atoms in total.